The van der Waals surface area contributed by atoms with Crippen molar-refractivity contribution >= 4 is 34.4 Å². The number of hydrogen-bond acceptors (Lipinski definition) is 3. The summed E-state index contributed by atoms with van der Waals surface area (Å²) in [5.74, 6) is 0.892. The van der Waals surface area contributed by atoms with Crippen LogP contribution < -0.4 is 0 Å². The summed E-state index contributed by atoms with van der Waals surface area (Å²) in [4.78, 5) is 0. The molecule has 0 spiro atoms. The molecule has 0 amide bonds. The molecule has 22 heavy (non-hydrogen) atoms. The molecule has 0 saturated heterocycles. The van der Waals surface area contributed by atoms with Crippen molar-refractivity contribution in [1.29, 1.82) is 0 Å². The third-order valence-corrected chi connectivity index (χ3v) is 4.67. The van der Waals surface area contributed by atoms with Crippen LogP contribution in [0, 0.1) is 10.6 Å². The Labute approximate surface area is 141 Å². The van der Waals surface area contributed by atoms with Crippen molar-refractivity contribution in [3.8, 4) is 0 Å². The number of nitrogens with zero attached hydrogens (tertiary/aromatic N) is 3. The SMILES string of the molecule is Fc1ccc(Br)cc1C=Nn1c(C2CCCCC2)n[nH]c1=S. The molecule has 1 N–H and O–H groups in total. The number of nitrogens with one attached hydrogen (secondary N) is 1. The molecule has 0 bridgehead atoms. The predicted molar refractivity (Wildman–Crippen MR) is 90.3 cm³/mol. The maximum atomic E-state index is 13.8. The highest BCUT2D eigenvalue weighted by atomic mass is 79.9. The van der Waals surface area contributed by atoms with Crippen LogP contribution in [-0.2, 0) is 0 Å². The van der Waals surface area contributed by atoms with Gasteiger partial charge in [-0.3, -0.25) is 5.10 Å². The van der Waals surface area contributed by atoms with E-state index < -0.39 is 0 Å². The minimum atomic E-state index is -0.318. The van der Waals surface area contributed by atoms with Crippen LogP contribution in [0.25, 0.3) is 0 Å². The van der Waals surface area contributed by atoms with E-state index in [4.69, 9.17) is 12.2 Å². The zero-order chi connectivity index (χ0) is 15.5. The van der Waals surface area contributed by atoms with Gasteiger partial charge in [-0.05, 0) is 43.3 Å². The number of hydrogen-bond donors (Lipinski definition) is 1. The summed E-state index contributed by atoms with van der Waals surface area (Å²) in [5.41, 5.74) is 0.409. The van der Waals surface area contributed by atoms with E-state index in [0.29, 0.717) is 16.3 Å². The summed E-state index contributed by atoms with van der Waals surface area (Å²) < 4.78 is 16.6. The first-order valence-electron chi connectivity index (χ1n) is 7.32. The Hall–Kier alpha value is -1.34. The fraction of sp³-hybridized carbons (Fsp3) is 0.400. The Balaban J connectivity index is 1.91. The number of aromatic nitrogens is 3. The summed E-state index contributed by atoms with van der Waals surface area (Å²) >= 11 is 8.58. The quantitative estimate of drug-likeness (QED) is 0.613. The van der Waals surface area contributed by atoms with E-state index in [1.807, 2.05) is 0 Å². The minimum Gasteiger partial charge on any atom is -0.250 e. The zero-order valence-corrected chi connectivity index (χ0v) is 14.3. The molecular formula is C15H16BrFN4S. The molecule has 1 saturated carbocycles. The van der Waals surface area contributed by atoms with Gasteiger partial charge in [-0.1, -0.05) is 35.2 Å². The van der Waals surface area contributed by atoms with E-state index in [1.54, 1.807) is 16.8 Å². The number of H-pyrrole nitrogens is 1. The summed E-state index contributed by atoms with van der Waals surface area (Å²) in [5, 5.41) is 11.5. The maximum absolute atomic E-state index is 13.8. The topological polar surface area (TPSA) is 46.0 Å². The van der Waals surface area contributed by atoms with Gasteiger partial charge in [0.1, 0.15) is 5.82 Å². The highest BCUT2D eigenvalue weighted by Crippen LogP contribution is 2.31. The van der Waals surface area contributed by atoms with Crippen LogP contribution in [-0.4, -0.2) is 21.1 Å². The van der Waals surface area contributed by atoms with Gasteiger partial charge in [0, 0.05) is 16.0 Å². The van der Waals surface area contributed by atoms with Gasteiger partial charge in [-0.15, -0.1) is 0 Å². The van der Waals surface area contributed by atoms with Gasteiger partial charge in [-0.2, -0.15) is 14.9 Å². The Bertz CT molecular complexity index is 746. The predicted octanol–water partition coefficient (Wildman–Crippen LogP) is 4.77. The molecule has 0 radical (unpaired) electrons. The van der Waals surface area contributed by atoms with Crippen molar-refractivity contribution in [1.82, 2.24) is 14.9 Å². The molecule has 1 aliphatic rings. The monoisotopic (exact) mass is 382 g/mol. The van der Waals surface area contributed by atoms with Crippen molar-refractivity contribution < 1.29 is 4.39 Å². The highest BCUT2D eigenvalue weighted by molar-refractivity contribution is 9.10. The molecule has 0 atom stereocenters. The van der Waals surface area contributed by atoms with E-state index in [2.05, 4.69) is 31.2 Å². The second-order valence-corrected chi connectivity index (χ2v) is 6.75. The molecule has 1 aromatic carbocycles. The molecular weight excluding hydrogens is 367 g/mol. The fourth-order valence-corrected chi connectivity index (χ4v) is 3.34. The van der Waals surface area contributed by atoms with Gasteiger partial charge >= 0.3 is 0 Å². The third-order valence-electron chi connectivity index (χ3n) is 3.92. The lowest BCUT2D eigenvalue weighted by Crippen LogP contribution is -2.10. The van der Waals surface area contributed by atoms with Crippen LogP contribution in [0.15, 0.2) is 27.8 Å². The number of halogens is 2. The summed E-state index contributed by atoms with van der Waals surface area (Å²) in [6.45, 7) is 0. The summed E-state index contributed by atoms with van der Waals surface area (Å²) in [7, 11) is 0. The maximum Gasteiger partial charge on any atom is 0.216 e. The van der Waals surface area contributed by atoms with Crippen LogP contribution in [0.1, 0.15) is 49.4 Å². The average molecular weight is 383 g/mol. The first-order valence-corrected chi connectivity index (χ1v) is 8.52. The third kappa shape index (κ3) is 3.35. The Morgan fingerprint density at radius 2 is 2.14 bits per heavy atom. The average Bonchev–Trinajstić information content (AvgIpc) is 2.90. The van der Waals surface area contributed by atoms with Crippen LogP contribution in [0.3, 0.4) is 0 Å². The second kappa shape index (κ2) is 6.83. The number of rotatable bonds is 3. The lowest BCUT2D eigenvalue weighted by Gasteiger charge is -2.19. The largest absolute Gasteiger partial charge is 0.250 e. The molecule has 1 fully saturated rings. The normalized spacial score (nSPS) is 16.5. The molecule has 1 heterocycles. The van der Waals surface area contributed by atoms with E-state index in [-0.39, 0.29) is 5.82 Å². The second-order valence-electron chi connectivity index (χ2n) is 5.44. The van der Waals surface area contributed by atoms with E-state index in [1.165, 1.54) is 31.5 Å². The Morgan fingerprint density at radius 3 is 2.91 bits per heavy atom. The molecule has 1 aliphatic carbocycles. The highest BCUT2D eigenvalue weighted by Gasteiger charge is 2.21. The van der Waals surface area contributed by atoms with Gasteiger partial charge in [0.15, 0.2) is 5.82 Å². The summed E-state index contributed by atoms with van der Waals surface area (Å²) in [6, 6.07) is 4.74. The standard InChI is InChI=1S/C15H16BrFN4S/c16-12-6-7-13(17)11(8-12)9-18-21-14(19-20-15(21)22)10-4-2-1-3-5-10/h6-10H,1-5H2,(H,20,22). The number of benzene rings is 1. The number of aromatic amines is 1. The van der Waals surface area contributed by atoms with Gasteiger partial charge in [0.25, 0.3) is 0 Å². The molecule has 0 unspecified atom stereocenters. The van der Waals surface area contributed by atoms with E-state index in [9.17, 15) is 4.39 Å². The first kappa shape index (κ1) is 15.6. The van der Waals surface area contributed by atoms with Crippen molar-refractivity contribution in [2.45, 2.75) is 38.0 Å². The van der Waals surface area contributed by atoms with Crippen molar-refractivity contribution in [2.24, 2.45) is 5.10 Å². The van der Waals surface area contributed by atoms with Crippen LogP contribution in [0.5, 0.6) is 0 Å². The smallest absolute Gasteiger partial charge is 0.216 e. The molecule has 3 rings (SSSR count). The first-order chi connectivity index (χ1) is 10.6. The van der Waals surface area contributed by atoms with Crippen LogP contribution in [0.2, 0.25) is 0 Å². The van der Waals surface area contributed by atoms with E-state index in [0.717, 1.165) is 23.1 Å². The molecule has 116 valence electrons. The van der Waals surface area contributed by atoms with Crippen LogP contribution in [0.4, 0.5) is 4.39 Å². The molecule has 2 aromatic rings. The Morgan fingerprint density at radius 1 is 1.36 bits per heavy atom. The van der Waals surface area contributed by atoms with Crippen molar-refractivity contribution in [3.63, 3.8) is 0 Å². The lowest BCUT2D eigenvalue weighted by atomic mass is 9.89. The van der Waals surface area contributed by atoms with Gasteiger partial charge in [-0.25, -0.2) is 4.39 Å². The summed E-state index contributed by atoms with van der Waals surface area (Å²) in [6.07, 6.45) is 7.36. The van der Waals surface area contributed by atoms with Gasteiger partial charge in [0.2, 0.25) is 4.77 Å². The fourth-order valence-electron chi connectivity index (χ4n) is 2.77. The molecule has 4 nitrogen and oxygen atoms in total. The zero-order valence-electron chi connectivity index (χ0n) is 11.9. The van der Waals surface area contributed by atoms with Crippen LogP contribution >= 0.6 is 28.1 Å². The van der Waals surface area contributed by atoms with Crippen molar-refractivity contribution in [3.05, 3.63) is 44.6 Å². The minimum absolute atomic E-state index is 0.318. The Kier molecular flexibility index (Phi) is 4.83. The van der Waals surface area contributed by atoms with Gasteiger partial charge < -0.3 is 0 Å². The molecule has 7 heteroatoms. The van der Waals surface area contributed by atoms with Crippen molar-refractivity contribution in [2.75, 3.05) is 0 Å². The van der Waals surface area contributed by atoms with E-state index >= 15 is 0 Å². The lowest BCUT2D eigenvalue weighted by molar-refractivity contribution is 0.419. The molecule has 0 aliphatic heterocycles. The molecule has 1 aromatic heterocycles. The van der Waals surface area contributed by atoms with Gasteiger partial charge in [0.05, 0.1) is 6.21 Å².